The monoisotopic (exact) mass is 513 g/mol. The van der Waals surface area contributed by atoms with Crippen molar-refractivity contribution < 1.29 is 9.18 Å². The smallest absolute Gasteiger partial charge is 0.320 e. The summed E-state index contributed by atoms with van der Waals surface area (Å²) in [6.45, 7) is 11.9. The molecule has 38 heavy (non-hydrogen) atoms. The predicted molar refractivity (Wildman–Crippen MR) is 151 cm³/mol. The molecule has 2 fully saturated rings. The molecule has 4 nitrogen and oxygen atoms in total. The van der Waals surface area contributed by atoms with Gasteiger partial charge >= 0.3 is 6.03 Å². The number of amides is 2. The Kier molecular flexibility index (Phi) is 7.58. The zero-order valence-electron chi connectivity index (χ0n) is 23.3. The highest BCUT2D eigenvalue weighted by Gasteiger charge is 2.46. The maximum absolute atomic E-state index is 14.2. The lowest BCUT2D eigenvalue weighted by Crippen LogP contribution is -2.51. The summed E-state index contributed by atoms with van der Waals surface area (Å²) in [4.78, 5) is 20.7. The molecule has 5 heteroatoms. The number of aryl methyl sites for hydroxylation is 3. The van der Waals surface area contributed by atoms with E-state index in [1.165, 1.54) is 16.7 Å². The number of urea groups is 1. The number of hydrogen-bond donors (Lipinski definition) is 0. The quantitative estimate of drug-likeness (QED) is 0.365. The van der Waals surface area contributed by atoms with Crippen LogP contribution in [0.2, 0.25) is 0 Å². The van der Waals surface area contributed by atoms with Gasteiger partial charge in [-0.2, -0.15) is 0 Å². The molecule has 0 N–H and O–H groups in total. The second kappa shape index (κ2) is 10.9. The van der Waals surface area contributed by atoms with Crippen LogP contribution in [-0.4, -0.2) is 47.4 Å². The maximum atomic E-state index is 14.2. The first-order chi connectivity index (χ1) is 18.2. The van der Waals surface area contributed by atoms with Crippen LogP contribution in [0, 0.1) is 38.4 Å². The van der Waals surface area contributed by atoms with E-state index in [2.05, 4.69) is 79.1 Å². The largest absolute Gasteiger partial charge is 0.321 e. The highest BCUT2D eigenvalue weighted by Crippen LogP contribution is 2.45. The molecule has 0 bridgehead atoms. The van der Waals surface area contributed by atoms with Crippen molar-refractivity contribution in [2.24, 2.45) is 11.8 Å². The van der Waals surface area contributed by atoms with E-state index in [4.69, 9.17) is 0 Å². The van der Waals surface area contributed by atoms with Gasteiger partial charge in [0.1, 0.15) is 5.82 Å². The Balaban J connectivity index is 1.44. The van der Waals surface area contributed by atoms with E-state index in [1.54, 1.807) is 12.1 Å². The highest BCUT2D eigenvalue weighted by molar-refractivity contribution is 5.75. The number of carbonyl (C=O) groups is 1. The number of hydrogen-bond acceptors (Lipinski definition) is 2. The average Bonchev–Trinajstić information content (AvgIpc) is 3.29. The summed E-state index contributed by atoms with van der Waals surface area (Å²) in [6, 6.07) is 22.1. The normalized spacial score (nSPS) is 22.3. The Morgan fingerprint density at radius 1 is 1.00 bits per heavy atom. The zero-order valence-corrected chi connectivity index (χ0v) is 23.3. The third-order valence-electron chi connectivity index (χ3n) is 8.70. The van der Waals surface area contributed by atoms with Crippen LogP contribution in [0.3, 0.4) is 0 Å². The molecule has 0 aromatic heterocycles. The lowest BCUT2D eigenvalue weighted by atomic mass is 9.78. The number of carbonyl (C=O) groups excluding carboxylic acids is 1. The van der Waals surface area contributed by atoms with E-state index in [-0.39, 0.29) is 23.9 Å². The van der Waals surface area contributed by atoms with Crippen LogP contribution in [0.4, 0.5) is 9.18 Å². The van der Waals surface area contributed by atoms with Crippen molar-refractivity contribution in [3.63, 3.8) is 0 Å². The predicted octanol–water partition coefficient (Wildman–Crippen LogP) is 7.06. The number of benzene rings is 3. The molecule has 2 aliphatic rings. The molecule has 2 saturated heterocycles. The van der Waals surface area contributed by atoms with Gasteiger partial charge in [-0.1, -0.05) is 65.7 Å². The lowest BCUT2D eigenvalue weighted by Gasteiger charge is -2.45. The number of nitrogens with zero attached hydrogens (tertiary/aromatic N) is 3. The summed E-state index contributed by atoms with van der Waals surface area (Å²) >= 11 is 0. The fraction of sp³-hybridized carbons (Fsp3) is 0.424. The van der Waals surface area contributed by atoms with Crippen molar-refractivity contribution in [3.05, 3.63) is 106 Å². The molecule has 3 aromatic carbocycles. The first-order valence-corrected chi connectivity index (χ1v) is 13.8. The Hall–Kier alpha value is -3.18. The van der Waals surface area contributed by atoms with E-state index in [9.17, 15) is 9.18 Å². The fourth-order valence-electron chi connectivity index (χ4n) is 6.72. The first-order valence-electron chi connectivity index (χ1n) is 13.8. The van der Waals surface area contributed by atoms with E-state index in [0.717, 1.165) is 42.7 Å². The van der Waals surface area contributed by atoms with Crippen molar-refractivity contribution in [2.45, 2.75) is 52.7 Å². The topological polar surface area (TPSA) is 26.8 Å². The molecule has 0 aliphatic carbocycles. The van der Waals surface area contributed by atoms with E-state index < -0.39 is 0 Å². The van der Waals surface area contributed by atoms with E-state index >= 15 is 0 Å². The van der Waals surface area contributed by atoms with Gasteiger partial charge in [0.15, 0.2) is 0 Å². The summed E-state index contributed by atoms with van der Waals surface area (Å²) in [7, 11) is 1.92. The Morgan fingerprint density at radius 2 is 1.71 bits per heavy atom. The molecular formula is C33H40FN3O. The molecule has 3 aromatic rings. The summed E-state index contributed by atoms with van der Waals surface area (Å²) < 4.78 is 14.1. The van der Waals surface area contributed by atoms with Crippen LogP contribution < -0.4 is 0 Å². The van der Waals surface area contributed by atoms with Crippen LogP contribution in [0.1, 0.15) is 58.8 Å². The molecule has 0 spiro atoms. The molecule has 2 heterocycles. The minimum atomic E-state index is -0.228. The van der Waals surface area contributed by atoms with E-state index in [0.29, 0.717) is 18.4 Å². The number of halogens is 1. The van der Waals surface area contributed by atoms with E-state index in [1.807, 2.05) is 24.9 Å². The molecule has 200 valence electrons. The Bertz CT molecular complexity index is 1270. The third kappa shape index (κ3) is 5.35. The van der Waals surface area contributed by atoms with Gasteiger partial charge in [0.05, 0.1) is 12.1 Å². The van der Waals surface area contributed by atoms with Gasteiger partial charge < -0.3 is 9.80 Å². The molecular weight excluding hydrogens is 473 g/mol. The first kappa shape index (κ1) is 26.4. The average molecular weight is 514 g/mol. The highest BCUT2D eigenvalue weighted by atomic mass is 19.1. The van der Waals surface area contributed by atoms with Crippen LogP contribution in [0.5, 0.6) is 0 Å². The van der Waals surface area contributed by atoms with Crippen molar-refractivity contribution in [2.75, 3.05) is 26.7 Å². The molecule has 5 rings (SSSR count). The van der Waals surface area contributed by atoms with Crippen molar-refractivity contribution >= 4 is 6.03 Å². The molecule has 0 radical (unpaired) electrons. The summed E-state index contributed by atoms with van der Waals surface area (Å²) in [5.41, 5.74) is 6.87. The third-order valence-corrected chi connectivity index (χ3v) is 8.70. The fourth-order valence-corrected chi connectivity index (χ4v) is 6.72. The number of piperidine rings is 1. The summed E-state index contributed by atoms with van der Waals surface area (Å²) in [5.74, 6) is 0.596. The second-order valence-corrected chi connectivity index (χ2v) is 11.5. The number of rotatable bonds is 5. The van der Waals surface area contributed by atoms with Gasteiger partial charge in [-0.05, 0) is 74.4 Å². The van der Waals surface area contributed by atoms with Gasteiger partial charge in [0, 0.05) is 39.1 Å². The van der Waals surface area contributed by atoms with Crippen LogP contribution in [0.15, 0.2) is 66.7 Å². The van der Waals surface area contributed by atoms with Crippen molar-refractivity contribution in [1.29, 1.82) is 0 Å². The standard InChI is InChI=1S/C33H40FN3O/c1-22-15-23(2)17-28(16-22)25(4)35(5)33(38)37-14-13-27-20-36(19-26-9-7-6-8-10-26)21-31(27)32(37)30-12-11-29(34)18-24(30)3/h6-12,15-18,25,27,31-32H,13-14,19-21H2,1-5H3/t25-,27-,31?,32+/m1/s1. The van der Waals surface area contributed by atoms with Gasteiger partial charge in [0.25, 0.3) is 0 Å². The van der Waals surface area contributed by atoms with Gasteiger partial charge in [-0.15, -0.1) is 0 Å². The molecule has 2 aliphatic heterocycles. The lowest BCUT2D eigenvalue weighted by molar-refractivity contribution is 0.0701. The minimum absolute atomic E-state index is 0.0466. The van der Waals surface area contributed by atoms with Gasteiger partial charge in [0.2, 0.25) is 0 Å². The van der Waals surface area contributed by atoms with Gasteiger partial charge in [-0.3, -0.25) is 4.90 Å². The summed E-state index contributed by atoms with van der Waals surface area (Å²) in [6.07, 6.45) is 0.990. The maximum Gasteiger partial charge on any atom is 0.320 e. The molecule has 2 amide bonds. The van der Waals surface area contributed by atoms with Crippen molar-refractivity contribution in [3.8, 4) is 0 Å². The van der Waals surface area contributed by atoms with Crippen LogP contribution in [0.25, 0.3) is 0 Å². The number of fused-ring (bicyclic) bond motifs is 1. The van der Waals surface area contributed by atoms with Crippen LogP contribution in [-0.2, 0) is 6.54 Å². The second-order valence-electron chi connectivity index (χ2n) is 11.5. The van der Waals surface area contributed by atoms with Crippen molar-refractivity contribution in [1.82, 2.24) is 14.7 Å². The van der Waals surface area contributed by atoms with Gasteiger partial charge in [-0.25, -0.2) is 9.18 Å². The summed E-state index contributed by atoms with van der Waals surface area (Å²) in [5, 5.41) is 0. The SMILES string of the molecule is Cc1cc(C)cc([C@@H](C)N(C)C(=O)N2CC[C@@H]3CN(Cc4ccccc4)CC3[C@@H]2c2ccc(F)cc2C)c1. The molecule has 1 unspecified atom stereocenters. The molecule has 4 atom stereocenters. The number of likely N-dealkylation sites (tertiary alicyclic amines) is 2. The van der Waals surface area contributed by atoms with Crippen LogP contribution >= 0.6 is 0 Å². The Labute approximate surface area is 227 Å². The minimum Gasteiger partial charge on any atom is -0.321 e. The Morgan fingerprint density at radius 3 is 2.39 bits per heavy atom. The zero-order chi connectivity index (χ0) is 27.0. The molecule has 0 saturated carbocycles.